The Kier molecular flexibility index (Phi) is 2.96. The van der Waals surface area contributed by atoms with Crippen molar-refractivity contribution < 1.29 is 9.50 Å². The quantitative estimate of drug-likeness (QED) is 0.766. The van der Waals surface area contributed by atoms with E-state index < -0.39 is 0 Å². The number of nitrogens with zero attached hydrogens (tertiary/aromatic N) is 1. The van der Waals surface area contributed by atoms with E-state index in [1.807, 2.05) is 0 Å². The predicted octanol–water partition coefficient (Wildman–Crippen LogP) is 3.28. The highest BCUT2D eigenvalue weighted by molar-refractivity contribution is 5.82. The van der Waals surface area contributed by atoms with Crippen molar-refractivity contribution in [2.75, 3.05) is 0 Å². The Bertz CT molecular complexity index is 506. The lowest BCUT2D eigenvalue weighted by atomic mass is 10.2. The molecule has 2 aromatic rings. The van der Waals surface area contributed by atoms with Crippen LogP contribution < -0.4 is 0 Å². The number of rotatable bonds is 2. The van der Waals surface area contributed by atoms with Gasteiger partial charge in [-0.15, -0.1) is 0 Å². The SMILES string of the molecule is Oc1ccc(C=Nc2ccccc2F)cc1. The number of para-hydroxylation sites is 1. The van der Waals surface area contributed by atoms with E-state index in [9.17, 15) is 4.39 Å². The summed E-state index contributed by atoms with van der Waals surface area (Å²) in [5, 5.41) is 9.08. The van der Waals surface area contributed by atoms with Gasteiger partial charge >= 0.3 is 0 Å². The van der Waals surface area contributed by atoms with Crippen LogP contribution in [-0.2, 0) is 0 Å². The summed E-state index contributed by atoms with van der Waals surface area (Å²) in [6, 6.07) is 12.8. The van der Waals surface area contributed by atoms with Crippen LogP contribution in [0.15, 0.2) is 53.5 Å². The average Bonchev–Trinajstić information content (AvgIpc) is 2.30. The molecule has 0 atom stereocenters. The highest BCUT2D eigenvalue weighted by Crippen LogP contribution is 2.16. The van der Waals surface area contributed by atoms with Crippen LogP contribution in [-0.4, -0.2) is 11.3 Å². The molecule has 0 unspecified atom stereocenters. The van der Waals surface area contributed by atoms with Crippen LogP contribution in [0.5, 0.6) is 5.75 Å². The number of hydrogen-bond donors (Lipinski definition) is 1. The van der Waals surface area contributed by atoms with Crippen LogP contribution in [0, 0.1) is 5.82 Å². The summed E-state index contributed by atoms with van der Waals surface area (Å²) in [4.78, 5) is 4.02. The molecule has 0 heterocycles. The second-order valence-electron chi connectivity index (χ2n) is 3.30. The van der Waals surface area contributed by atoms with Crippen molar-refractivity contribution in [3.63, 3.8) is 0 Å². The molecule has 2 nitrogen and oxygen atoms in total. The summed E-state index contributed by atoms with van der Waals surface area (Å²) < 4.78 is 13.2. The third-order valence-corrected chi connectivity index (χ3v) is 2.10. The van der Waals surface area contributed by atoms with Crippen molar-refractivity contribution in [1.82, 2.24) is 0 Å². The Morgan fingerprint density at radius 3 is 2.38 bits per heavy atom. The maximum atomic E-state index is 13.2. The van der Waals surface area contributed by atoms with Gasteiger partial charge in [-0.3, -0.25) is 4.99 Å². The summed E-state index contributed by atoms with van der Waals surface area (Å²) in [5.74, 6) is -0.152. The van der Waals surface area contributed by atoms with Crippen molar-refractivity contribution in [2.24, 2.45) is 4.99 Å². The second-order valence-corrected chi connectivity index (χ2v) is 3.30. The van der Waals surface area contributed by atoms with Crippen molar-refractivity contribution in [2.45, 2.75) is 0 Å². The molecular formula is C13H10FNO. The van der Waals surface area contributed by atoms with Crippen LogP contribution >= 0.6 is 0 Å². The van der Waals surface area contributed by atoms with E-state index in [-0.39, 0.29) is 11.6 Å². The fourth-order valence-corrected chi connectivity index (χ4v) is 1.26. The van der Waals surface area contributed by atoms with Gasteiger partial charge in [0.15, 0.2) is 0 Å². The first-order valence-corrected chi connectivity index (χ1v) is 4.83. The molecular weight excluding hydrogens is 205 g/mol. The van der Waals surface area contributed by atoms with Gasteiger partial charge in [0.2, 0.25) is 0 Å². The molecule has 0 aromatic heterocycles. The van der Waals surface area contributed by atoms with Gasteiger partial charge in [0, 0.05) is 6.21 Å². The van der Waals surface area contributed by atoms with Gasteiger partial charge in [0.05, 0.1) is 5.69 Å². The number of aliphatic imine (C=N–C) groups is 1. The number of aromatic hydroxyl groups is 1. The molecule has 0 aliphatic heterocycles. The fraction of sp³-hybridized carbons (Fsp3) is 0. The third-order valence-electron chi connectivity index (χ3n) is 2.10. The van der Waals surface area contributed by atoms with Crippen LogP contribution in [0.2, 0.25) is 0 Å². The number of phenols is 1. The van der Waals surface area contributed by atoms with Crippen molar-refractivity contribution in [3.8, 4) is 5.75 Å². The first-order valence-electron chi connectivity index (χ1n) is 4.83. The molecule has 0 radical (unpaired) electrons. The standard InChI is InChI=1S/C13H10FNO/c14-12-3-1-2-4-13(12)15-9-10-5-7-11(16)8-6-10/h1-9,16H. The first kappa shape index (κ1) is 10.4. The lowest BCUT2D eigenvalue weighted by Crippen LogP contribution is -1.80. The number of phenolic OH excluding ortho intramolecular Hbond substituents is 1. The topological polar surface area (TPSA) is 32.6 Å². The van der Waals surface area contributed by atoms with Crippen LogP contribution in [0.25, 0.3) is 0 Å². The lowest BCUT2D eigenvalue weighted by molar-refractivity contribution is 0.475. The minimum Gasteiger partial charge on any atom is -0.508 e. The molecule has 2 rings (SSSR count). The molecule has 0 bridgehead atoms. The molecule has 0 amide bonds. The highest BCUT2D eigenvalue weighted by Gasteiger charge is 1.96. The number of benzene rings is 2. The van der Waals surface area contributed by atoms with Gasteiger partial charge in [0.25, 0.3) is 0 Å². The van der Waals surface area contributed by atoms with Crippen molar-refractivity contribution >= 4 is 11.9 Å². The monoisotopic (exact) mass is 215 g/mol. The molecule has 0 spiro atoms. The van der Waals surface area contributed by atoms with Gasteiger partial charge in [-0.1, -0.05) is 12.1 Å². The largest absolute Gasteiger partial charge is 0.508 e. The fourth-order valence-electron chi connectivity index (χ4n) is 1.26. The van der Waals surface area contributed by atoms with Gasteiger partial charge in [-0.2, -0.15) is 0 Å². The Morgan fingerprint density at radius 2 is 1.69 bits per heavy atom. The first-order chi connectivity index (χ1) is 7.75. The molecule has 0 fully saturated rings. The lowest BCUT2D eigenvalue weighted by Gasteiger charge is -1.96. The molecule has 16 heavy (non-hydrogen) atoms. The normalized spacial score (nSPS) is 10.8. The Hall–Kier alpha value is -2.16. The van der Waals surface area contributed by atoms with E-state index in [1.165, 1.54) is 6.07 Å². The maximum Gasteiger partial charge on any atom is 0.148 e. The van der Waals surface area contributed by atoms with Crippen LogP contribution in [0.1, 0.15) is 5.56 Å². The summed E-state index contributed by atoms with van der Waals surface area (Å²) >= 11 is 0. The van der Waals surface area contributed by atoms with Gasteiger partial charge in [-0.05, 0) is 42.0 Å². The smallest absolute Gasteiger partial charge is 0.148 e. The van der Waals surface area contributed by atoms with Gasteiger partial charge in [-0.25, -0.2) is 4.39 Å². The van der Waals surface area contributed by atoms with E-state index in [0.29, 0.717) is 5.69 Å². The molecule has 0 saturated heterocycles. The molecule has 80 valence electrons. The van der Waals surface area contributed by atoms with Gasteiger partial charge in [0.1, 0.15) is 11.6 Å². The maximum absolute atomic E-state index is 13.2. The number of hydrogen-bond acceptors (Lipinski definition) is 2. The van der Waals surface area contributed by atoms with E-state index in [2.05, 4.69) is 4.99 Å². The predicted molar refractivity (Wildman–Crippen MR) is 61.8 cm³/mol. The van der Waals surface area contributed by atoms with Gasteiger partial charge < -0.3 is 5.11 Å². The Morgan fingerprint density at radius 1 is 1.00 bits per heavy atom. The zero-order valence-corrected chi connectivity index (χ0v) is 8.47. The number of halogens is 1. The molecule has 2 aromatic carbocycles. The van der Waals surface area contributed by atoms with Crippen molar-refractivity contribution in [1.29, 1.82) is 0 Å². The molecule has 1 N–H and O–H groups in total. The summed E-state index contributed by atoms with van der Waals surface area (Å²) in [6.07, 6.45) is 1.55. The van der Waals surface area contributed by atoms with E-state index in [0.717, 1.165) is 5.56 Å². The van der Waals surface area contributed by atoms with Crippen molar-refractivity contribution in [3.05, 3.63) is 59.9 Å². The van der Waals surface area contributed by atoms with Crippen LogP contribution in [0.4, 0.5) is 10.1 Å². The summed E-state index contributed by atoms with van der Waals surface area (Å²) in [6.45, 7) is 0. The molecule has 0 aliphatic rings. The molecule has 3 heteroatoms. The molecule has 0 aliphatic carbocycles. The minimum absolute atomic E-state index is 0.197. The Balaban J connectivity index is 2.21. The van der Waals surface area contributed by atoms with E-state index in [1.54, 1.807) is 48.7 Å². The summed E-state index contributed by atoms with van der Waals surface area (Å²) in [7, 11) is 0. The third kappa shape index (κ3) is 2.45. The highest BCUT2D eigenvalue weighted by atomic mass is 19.1. The van der Waals surface area contributed by atoms with E-state index >= 15 is 0 Å². The zero-order chi connectivity index (χ0) is 11.4. The second kappa shape index (κ2) is 4.57. The Labute approximate surface area is 92.7 Å². The molecule has 0 saturated carbocycles. The average molecular weight is 215 g/mol. The minimum atomic E-state index is -0.350. The van der Waals surface area contributed by atoms with E-state index in [4.69, 9.17) is 5.11 Å². The van der Waals surface area contributed by atoms with Crippen LogP contribution in [0.3, 0.4) is 0 Å². The summed E-state index contributed by atoms with van der Waals surface area (Å²) in [5.41, 5.74) is 1.11. The zero-order valence-electron chi connectivity index (χ0n) is 8.47.